The van der Waals surface area contributed by atoms with Gasteiger partial charge in [-0.2, -0.15) is 0 Å². The lowest BCUT2D eigenvalue weighted by Crippen LogP contribution is -2.33. The zero-order valence-electron chi connectivity index (χ0n) is 14.6. The van der Waals surface area contributed by atoms with Gasteiger partial charge in [0, 0.05) is 42.8 Å². The summed E-state index contributed by atoms with van der Waals surface area (Å²) in [4.78, 5) is 24.5. The van der Waals surface area contributed by atoms with Crippen molar-refractivity contribution in [3.05, 3.63) is 78.5 Å². The first-order valence-corrected chi connectivity index (χ1v) is 8.70. The Hall–Kier alpha value is -3.54. The molecule has 3 aromatic rings. The number of hydrogen-bond acceptors (Lipinski definition) is 5. The van der Waals surface area contributed by atoms with Gasteiger partial charge in [0.25, 0.3) is 0 Å². The second kappa shape index (κ2) is 7.78. The number of ether oxygens (including phenoxy) is 1. The monoisotopic (exact) mass is 358 g/mol. The molecule has 0 saturated heterocycles. The van der Waals surface area contributed by atoms with Crippen LogP contribution in [0.2, 0.25) is 0 Å². The van der Waals surface area contributed by atoms with Crippen molar-refractivity contribution in [2.45, 2.75) is 12.5 Å². The predicted molar refractivity (Wildman–Crippen MR) is 102 cm³/mol. The van der Waals surface area contributed by atoms with Crippen LogP contribution in [0.4, 0.5) is 0 Å². The van der Waals surface area contributed by atoms with Gasteiger partial charge in [0.15, 0.2) is 0 Å². The number of aromatic nitrogens is 3. The Morgan fingerprint density at radius 3 is 2.85 bits per heavy atom. The minimum absolute atomic E-state index is 0.101. The maximum absolute atomic E-state index is 12.0. The van der Waals surface area contributed by atoms with Crippen molar-refractivity contribution in [1.29, 1.82) is 0 Å². The van der Waals surface area contributed by atoms with Crippen molar-refractivity contribution in [2.75, 3.05) is 6.54 Å². The van der Waals surface area contributed by atoms with E-state index in [2.05, 4.69) is 20.3 Å². The summed E-state index contributed by atoms with van der Waals surface area (Å²) < 4.78 is 6.09. The highest BCUT2D eigenvalue weighted by Crippen LogP contribution is 2.37. The number of rotatable bonds is 5. The zero-order chi connectivity index (χ0) is 18.5. The number of amides is 1. The predicted octanol–water partition coefficient (Wildman–Crippen LogP) is 2.67. The van der Waals surface area contributed by atoms with Gasteiger partial charge in [0.1, 0.15) is 11.9 Å². The Morgan fingerprint density at radius 1 is 1.15 bits per heavy atom. The number of para-hydroxylation sites is 1. The molecule has 0 unspecified atom stereocenters. The van der Waals surface area contributed by atoms with E-state index in [0.29, 0.717) is 6.54 Å². The van der Waals surface area contributed by atoms with Crippen molar-refractivity contribution >= 4 is 12.0 Å². The number of pyridine rings is 1. The van der Waals surface area contributed by atoms with Crippen LogP contribution in [-0.2, 0) is 11.2 Å². The quantitative estimate of drug-likeness (QED) is 0.710. The van der Waals surface area contributed by atoms with Crippen LogP contribution in [0.5, 0.6) is 5.75 Å². The highest BCUT2D eigenvalue weighted by atomic mass is 16.5. The summed E-state index contributed by atoms with van der Waals surface area (Å²) in [7, 11) is 0. The first-order chi connectivity index (χ1) is 13.3. The van der Waals surface area contributed by atoms with Gasteiger partial charge in [-0.05, 0) is 35.4 Å². The van der Waals surface area contributed by atoms with E-state index >= 15 is 0 Å². The lowest BCUT2D eigenvalue weighted by atomic mass is 10.0. The average Bonchev–Trinajstić information content (AvgIpc) is 3.15. The highest BCUT2D eigenvalue weighted by Gasteiger charge is 2.26. The molecule has 0 spiro atoms. The molecule has 1 aliphatic rings. The fourth-order valence-electron chi connectivity index (χ4n) is 3.01. The lowest BCUT2D eigenvalue weighted by molar-refractivity contribution is -0.116. The molecule has 134 valence electrons. The molecular weight excluding hydrogens is 340 g/mol. The smallest absolute Gasteiger partial charge is 0.244 e. The Balaban J connectivity index is 1.38. The molecule has 0 saturated carbocycles. The maximum Gasteiger partial charge on any atom is 0.244 e. The number of benzene rings is 1. The van der Waals surface area contributed by atoms with E-state index in [9.17, 15) is 4.79 Å². The van der Waals surface area contributed by atoms with Gasteiger partial charge in [-0.3, -0.25) is 19.7 Å². The Morgan fingerprint density at radius 2 is 2.04 bits per heavy atom. The van der Waals surface area contributed by atoms with Crippen LogP contribution in [0, 0.1) is 0 Å². The first-order valence-electron chi connectivity index (χ1n) is 8.70. The van der Waals surface area contributed by atoms with Crippen LogP contribution in [0.1, 0.15) is 11.1 Å². The molecular formula is C21H18N4O2. The lowest BCUT2D eigenvalue weighted by Gasteiger charge is -2.12. The maximum atomic E-state index is 12.0. The summed E-state index contributed by atoms with van der Waals surface area (Å²) in [6.45, 7) is 0.439. The number of hydrogen-bond donors (Lipinski definition) is 1. The van der Waals surface area contributed by atoms with Crippen LogP contribution in [0.15, 0.2) is 67.4 Å². The number of carbonyl (C=O) groups is 1. The molecule has 1 amide bonds. The van der Waals surface area contributed by atoms with Crippen molar-refractivity contribution < 1.29 is 9.53 Å². The van der Waals surface area contributed by atoms with Gasteiger partial charge in [-0.25, -0.2) is 0 Å². The molecule has 1 atom stereocenters. The van der Waals surface area contributed by atoms with E-state index in [1.54, 1.807) is 37.1 Å². The Kier molecular flexibility index (Phi) is 4.87. The summed E-state index contributed by atoms with van der Waals surface area (Å²) in [5, 5.41) is 2.89. The number of nitrogens with one attached hydrogen (secondary N) is 1. The highest BCUT2D eigenvalue weighted by molar-refractivity contribution is 5.91. The summed E-state index contributed by atoms with van der Waals surface area (Å²) in [5.41, 5.74) is 3.74. The van der Waals surface area contributed by atoms with E-state index in [1.165, 1.54) is 6.08 Å². The zero-order valence-corrected chi connectivity index (χ0v) is 14.6. The Labute approximate surface area is 157 Å². The van der Waals surface area contributed by atoms with Crippen LogP contribution in [0.3, 0.4) is 0 Å². The second-order valence-electron chi connectivity index (χ2n) is 6.19. The van der Waals surface area contributed by atoms with Crippen LogP contribution >= 0.6 is 0 Å². The second-order valence-corrected chi connectivity index (χ2v) is 6.19. The number of carbonyl (C=O) groups excluding carboxylic acids is 1. The summed E-state index contributed by atoms with van der Waals surface area (Å²) in [5.74, 6) is 0.671. The average molecular weight is 358 g/mol. The normalized spacial score (nSPS) is 15.3. The first kappa shape index (κ1) is 16.9. The van der Waals surface area contributed by atoms with E-state index in [-0.39, 0.29) is 12.0 Å². The van der Waals surface area contributed by atoms with Crippen LogP contribution in [0.25, 0.3) is 17.3 Å². The fourth-order valence-corrected chi connectivity index (χ4v) is 3.01. The van der Waals surface area contributed by atoms with E-state index in [4.69, 9.17) is 4.74 Å². The molecule has 6 heteroatoms. The third-order valence-electron chi connectivity index (χ3n) is 4.31. The van der Waals surface area contributed by atoms with Crippen LogP contribution in [-0.4, -0.2) is 33.5 Å². The van der Waals surface area contributed by atoms with Gasteiger partial charge < -0.3 is 10.1 Å². The standard InChI is InChI=1S/C21H18N4O2/c26-20(5-4-15-6-8-22-9-7-15)25-13-17-12-16-2-1-3-18(21(16)27-17)19-14-23-10-11-24-19/h1-11,14,17H,12-13H2,(H,25,26)/b5-4+/t17-/m1/s1. The topological polar surface area (TPSA) is 77.0 Å². The molecule has 6 nitrogen and oxygen atoms in total. The molecule has 0 aliphatic carbocycles. The number of fused-ring (bicyclic) bond motifs is 1. The Bertz CT molecular complexity index is 958. The molecule has 1 aromatic carbocycles. The van der Waals surface area contributed by atoms with Gasteiger partial charge in [0.05, 0.1) is 18.4 Å². The van der Waals surface area contributed by atoms with Gasteiger partial charge >= 0.3 is 0 Å². The molecule has 4 rings (SSSR count). The summed E-state index contributed by atoms with van der Waals surface area (Å²) >= 11 is 0. The molecule has 2 aromatic heterocycles. The fraction of sp³-hybridized carbons (Fsp3) is 0.143. The van der Waals surface area contributed by atoms with E-state index in [1.807, 2.05) is 30.3 Å². The molecule has 1 aliphatic heterocycles. The molecule has 27 heavy (non-hydrogen) atoms. The van der Waals surface area contributed by atoms with Crippen molar-refractivity contribution in [3.8, 4) is 17.0 Å². The molecule has 0 fully saturated rings. The van der Waals surface area contributed by atoms with Crippen molar-refractivity contribution in [2.24, 2.45) is 0 Å². The molecule has 3 heterocycles. The third kappa shape index (κ3) is 4.00. The van der Waals surface area contributed by atoms with Gasteiger partial charge in [0.2, 0.25) is 5.91 Å². The minimum Gasteiger partial charge on any atom is -0.487 e. The van der Waals surface area contributed by atoms with Crippen molar-refractivity contribution in [3.63, 3.8) is 0 Å². The van der Waals surface area contributed by atoms with E-state index < -0.39 is 0 Å². The molecule has 0 bridgehead atoms. The largest absolute Gasteiger partial charge is 0.487 e. The SMILES string of the molecule is O=C(/C=C/c1ccncc1)NC[C@H]1Cc2cccc(-c3cnccn3)c2O1. The summed E-state index contributed by atoms with van der Waals surface area (Å²) in [6.07, 6.45) is 12.3. The number of nitrogens with zero attached hydrogens (tertiary/aromatic N) is 3. The molecule has 0 radical (unpaired) electrons. The minimum atomic E-state index is -0.152. The van der Waals surface area contributed by atoms with E-state index in [0.717, 1.165) is 34.6 Å². The molecule has 1 N–H and O–H groups in total. The van der Waals surface area contributed by atoms with Gasteiger partial charge in [-0.15, -0.1) is 0 Å². The van der Waals surface area contributed by atoms with Crippen molar-refractivity contribution in [1.82, 2.24) is 20.3 Å². The van der Waals surface area contributed by atoms with Gasteiger partial charge in [-0.1, -0.05) is 12.1 Å². The third-order valence-corrected chi connectivity index (χ3v) is 4.31. The van der Waals surface area contributed by atoms with Crippen LogP contribution < -0.4 is 10.1 Å². The summed E-state index contributed by atoms with van der Waals surface area (Å²) in [6, 6.07) is 9.69.